The second-order valence-corrected chi connectivity index (χ2v) is 10.9. The lowest BCUT2D eigenvalue weighted by atomic mass is 9.73. The molecule has 194 valence electrons. The molecule has 2 saturated heterocycles. The summed E-state index contributed by atoms with van der Waals surface area (Å²) in [6.07, 6.45) is 6.71. The average Bonchev–Trinajstić information content (AvgIpc) is 3.39. The summed E-state index contributed by atoms with van der Waals surface area (Å²) < 4.78 is 14.9. The number of alkyl halides is 1. The Balaban J connectivity index is 1.38. The van der Waals surface area contributed by atoms with Crippen LogP contribution in [0, 0.1) is 19.3 Å². The molecule has 0 amide bonds. The zero-order valence-corrected chi connectivity index (χ0v) is 22.5. The van der Waals surface area contributed by atoms with Crippen LogP contribution < -0.4 is 20.9 Å². The SMILES string of the molecule is Cc1c(N2CCC3(CC2)CO[C@@H](C)[C@H]3N)nc(C)n(C2=C(Cl)[C@H](Cl)C(Oc3ccn(C)n3)C=C2)c1=O. The van der Waals surface area contributed by atoms with Crippen molar-refractivity contribution in [1.82, 2.24) is 19.3 Å². The summed E-state index contributed by atoms with van der Waals surface area (Å²) in [6.45, 7) is 7.91. The normalized spacial score (nSPS) is 27.8. The van der Waals surface area contributed by atoms with Gasteiger partial charge in [0.15, 0.2) is 0 Å². The molecular weight excluding hydrogens is 503 g/mol. The van der Waals surface area contributed by atoms with Crippen molar-refractivity contribution in [1.29, 1.82) is 0 Å². The molecule has 2 aliphatic heterocycles. The van der Waals surface area contributed by atoms with Gasteiger partial charge in [-0.25, -0.2) is 4.98 Å². The molecule has 9 nitrogen and oxygen atoms in total. The average molecular weight is 535 g/mol. The second-order valence-electron chi connectivity index (χ2n) is 10.0. The molecule has 11 heteroatoms. The van der Waals surface area contributed by atoms with E-state index in [0.717, 1.165) is 25.9 Å². The van der Waals surface area contributed by atoms with Gasteiger partial charge in [0, 0.05) is 43.9 Å². The Kier molecular flexibility index (Phi) is 6.70. The molecular formula is C25H32Cl2N6O3. The van der Waals surface area contributed by atoms with Crippen LogP contribution in [0.15, 0.2) is 34.2 Å². The lowest BCUT2D eigenvalue weighted by Crippen LogP contribution is -2.51. The van der Waals surface area contributed by atoms with Gasteiger partial charge in [-0.15, -0.1) is 16.7 Å². The van der Waals surface area contributed by atoms with E-state index in [4.69, 9.17) is 43.4 Å². The predicted octanol–water partition coefficient (Wildman–Crippen LogP) is 2.96. The second kappa shape index (κ2) is 9.52. The van der Waals surface area contributed by atoms with E-state index in [-0.39, 0.29) is 23.1 Å². The first kappa shape index (κ1) is 25.3. The highest BCUT2D eigenvalue weighted by atomic mass is 35.5. The predicted molar refractivity (Wildman–Crippen MR) is 141 cm³/mol. The fourth-order valence-electron chi connectivity index (χ4n) is 5.45. The van der Waals surface area contributed by atoms with Crippen molar-refractivity contribution in [3.63, 3.8) is 0 Å². The van der Waals surface area contributed by atoms with Crippen LogP contribution in [0.1, 0.15) is 31.2 Å². The molecule has 4 atom stereocenters. The molecule has 0 bridgehead atoms. The first-order valence-electron chi connectivity index (χ1n) is 12.2. The van der Waals surface area contributed by atoms with Crippen LogP contribution in [0.5, 0.6) is 5.88 Å². The van der Waals surface area contributed by atoms with Crippen LogP contribution in [0.3, 0.4) is 0 Å². The molecule has 2 aromatic heterocycles. The summed E-state index contributed by atoms with van der Waals surface area (Å²) in [6, 6.07) is 1.78. The van der Waals surface area contributed by atoms with Gasteiger partial charge in [-0.3, -0.25) is 14.0 Å². The van der Waals surface area contributed by atoms with Crippen LogP contribution in [0.2, 0.25) is 0 Å². The molecule has 5 rings (SSSR count). The molecule has 4 heterocycles. The molecule has 1 unspecified atom stereocenters. The first-order chi connectivity index (χ1) is 17.1. The van der Waals surface area contributed by atoms with Crippen molar-refractivity contribution in [3.05, 3.63) is 51.2 Å². The van der Waals surface area contributed by atoms with Gasteiger partial charge < -0.3 is 20.1 Å². The van der Waals surface area contributed by atoms with Crippen molar-refractivity contribution in [2.75, 3.05) is 24.6 Å². The van der Waals surface area contributed by atoms with E-state index in [9.17, 15) is 4.79 Å². The summed E-state index contributed by atoms with van der Waals surface area (Å²) in [5.74, 6) is 1.70. The third-order valence-corrected chi connectivity index (χ3v) is 8.77. The number of aryl methyl sites for hydroxylation is 2. The molecule has 2 aromatic rings. The Labute approximate surface area is 220 Å². The van der Waals surface area contributed by atoms with Crippen molar-refractivity contribution in [3.8, 4) is 5.88 Å². The van der Waals surface area contributed by atoms with Crippen LogP contribution in [0.4, 0.5) is 5.82 Å². The lowest BCUT2D eigenvalue weighted by molar-refractivity contribution is 0.0974. The molecule has 3 aliphatic rings. The van der Waals surface area contributed by atoms with E-state index in [1.807, 2.05) is 20.8 Å². The van der Waals surface area contributed by atoms with Gasteiger partial charge in [0.25, 0.3) is 5.56 Å². The zero-order valence-electron chi connectivity index (χ0n) is 20.9. The Morgan fingerprint density at radius 1 is 1.28 bits per heavy atom. The maximum Gasteiger partial charge on any atom is 0.263 e. The van der Waals surface area contributed by atoms with Gasteiger partial charge in [0.1, 0.15) is 23.1 Å². The molecule has 0 aromatic carbocycles. The minimum absolute atomic E-state index is 0.00230. The Morgan fingerprint density at radius 2 is 2.00 bits per heavy atom. The summed E-state index contributed by atoms with van der Waals surface area (Å²) in [4.78, 5) is 20.6. The van der Waals surface area contributed by atoms with E-state index in [1.54, 1.807) is 36.1 Å². The molecule has 2 fully saturated rings. The standard InChI is InChI=1S/C25H32Cl2N6O3/c1-14-23(32-11-8-25(9-12-32)13-35-15(2)22(25)28)29-16(3)33(24(14)34)17-5-6-18(21(27)20(17)26)36-19-7-10-31(4)30-19/h5-7,10,15,18,21-22H,8-9,11-13,28H2,1-4H3/t15-,18?,21+,22+/m0/s1. The van der Waals surface area contributed by atoms with Gasteiger partial charge in [-0.05, 0) is 45.8 Å². The number of ether oxygens (including phenoxy) is 2. The van der Waals surface area contributed by atoms with Gasteiger partial charge >= 0.3 is 0 Å². The van der Waals surface area contributed by atoms with Gasteiger partial charge in [-0.1, -0.05) is 11.6 Å². The van der Waals surface area contributed by atoms with E-state index in [2.05, 4.69) is 10.00 Å². The van der Waals surface area contributed by atoms with Crippen molar-refractivity contribution in [2.24, 2.45) is 18.2 Å². The minimum atomic E-state index is -0.682. The van der Waals surface area contributed by atoms with E-state index < -0.39 is 11.5 Å². The minimum Gasteiger partial charge on any atom is -0.467 e. The third-order valence-electron chi connectivity index (χ3n) is 7.76. The largest absolute Gasteiger partial charge is 0.467 e. The van der Waals surface area contributed by atoms with Gasteiger partial charge in [0.05, 0.1) is 29.0 Å². The highest BCUT2D eigenvalue weighted by Crippen LogP contribution is 2.42. The van der Waals surface area contributed by atoms with E-state index in [1.165, 1.54) is 4.57 Å². The number of hydrogen-bond donors (Lipinski definition) is 1. The number of hydrogen-bond acceptors (Lipinski definition) is 7. The summed E-state index contributed by atoms with van der Waals surface area (Å²) in [5.41, 5.74) is 7.38. The van der Waals surface area contributed by atoms with Crippen LogP contribution in [-0.2, 0) is 11.8 Å². The van der Waals surface area contributed by atoms with Crippen molar-refractivity contribution >= 4 is 34.7 Å². The quantitative estimate of drug-likeness (QED) is 0.601. The Morgan fingerprint density at radius 3 is 2.61 bits per heavy atom. The van der Waals surface area contributed by atoms with Crippen LogP contribution >= 0.6 is 23.2 Å². The van der Waals surface area contributed by atoms with E-state index in [0.29, 0.717) is 40.4 Å². The molecule has 0 radical (unpaired) electrons. The van der Waals surface area contributed by atoms with E-state index >= 15 is 0 Å². The lowest BCUT2D eigenvalue weighted by Gasteiger charge is -2.42. The number of anilines is 1. The van der Waals surface area contributed by atoms with Gasteiger partial charge in [0.2, 0.25) is 5.88 Å². The third kappa shape index (κ3) is 4.26. The molecule has 36 heavy (non-hydrogen) atoms. The number of allylic oxidation sites excluding steroid dienone is 2. The topological polar surface area (TPSA) is 100 Å². The molecule has 1 aliphatic carbocycles. The summed E-state index contributed by atoms with van der Waals surface area (Å²) in [5, 5.41) is 3.87. The number of nitrogens with zero attached hydrogens (tertiary/aromatic N) is 5. The van der Waals surface area contributed by atoms with Crippen LogP contribution in [-0.4, -0.2) is 62.7 Å². The highest BCUT2D eigenvalue weighted by Gasteiger charge is 2.47. The maximum atomic E-state index is 13.6. The number of piperidine rings is 1. The highest BCUT2D eigenvalue weighted by molar-refractivity contribution is 6.40. The molecule has 2 N–H and O–H groups in total. The molecule has 1 spiro atoms. The van der Waals surface area contributed by atoms with Crippen LogP contribution in [0.25, 0.3) is 5.70 Å². The molecule has 0 saturated carbocycles. The van der Waals surface area contributed by atoms with Gasteiger partial charge in [-0.2, -0.15) is 0 Å². The Hall–Kier alpha value is -2.33. The van der Waals surface area contributed by atoms with Crippen molar-refractivity contribution in [2.45, 2.75) is 57.2 Å². The number of halogens is 2. The number of nitrogens with two attached hydrogens (primary N) is 1. The smallest absolute Gasteiger partial charge is 0.263 e. The number of rotatable bonds is 4. The summed E-state index contributed by atoms with van der Waals surface area (Å²) >= 11 is 13.3. The monoisotopic (exact) mass is 534 g/mol. The zero-order chi connectivity index (χ0) is 25.8. The maximum absolute atomic E-state index is 13.6. The number of aromatic nitrogens is 4. The van der Waals surface area contributed by atoms with Crippen molar-refractivity contribution < 1.29 is 9.47 Å². The first-order valence-corrected chi connectivity index (χ1v) is 13.0. The Bertz CT molecular complexity index is 1280. The fraction of sp³-hybridized carbons (Fsp3) is 0.560. The summed E-state index contributed by atoms with van der Waals surface area (Å²) in [7, 11) is 1.81. The fourth-order valence-corrected chi connectivity index (χ4v) is 5.97.